The molecule has 4 rings (SSSR count). The zero-order valence-electron chi connectivity index (χ0n) is 13.5. The first-order valence-electron chi connectivity index (χ1n) is 8.22. The molecule has 0 saturated carbocycles. The topological polar surface area (TPSA) is 57.8 Å². The van der Waals surface area contributed by atoms with Gasteiger partial charge in [0.2, 0.25) is 0 Å². The molecule has 0 saturated heterocycles. The highest BCUT2D eigenvalue weighted by atomic mass is 16.2. The van der Waals surface area contributed by atoms with E-state index >= 15 is 0 Å². The number of aromatic nitrogens is 2. The maximum absolute atomic E-state index is 12.5. The third-order valence-corrected chi connectivity index (χ3v) is 4.61. The normalized spacial score (nSPS) is 16.0. The number of hydrogen-bond acceptors (Lipinski definition) is 2. The van der Waals surface area contributed by atoms with Gasteiger partial charge in [-0.3, -0.25) is 9.89 Å². The van der Waals surface area contributed by atoms with Gasteiger partial charge in [0.15, 0.2) is 0 Å². The molecular formula is C20H19N3O. The first-order valence-corrected chi connectivity index (χ1v) is 8.22. The molecule has 4 heteroatoms. The van der Waals surface area contributed by atoms with Gasteiger partial charge in [-0.05, 0) is 37.0 Å². The van der Waals surface area contributed by atoms with Gasteiger partial charge in [0, 0.05) is 5.56 Å². The van der Waals surface area contributed by atoms with Gasteiger partial charge in [-0.15, -0.1) is 0 Å². The lowest BCUT2D eigenvalue weighted by molar-refractivity contribution is 0.0931. The zero-order valence-corrected chi connectivity index (χ0v) is 13.5. The van der Waals surface area contributed by atoms with Crippen molar-refractivity contribution >= 4 is 5.91 Å². The minimum Gasteiger partial charge on any atom is -0.344 e. The number of hydrogen-bond donors (Lipinski definition) is 2. The highest BCUT2D eigenvalue weighted by molar-refractivity contribution is 5.93. The minimum absolute atomic E-state index is 0.0832. The molecule has 0 spiro atoms. The van der Waals surface area contributed by atoms with Crippen molar-refractivity contribution in [3.63, 3.8) is 0 Å². The maximum Gasteiger partial charge on any atom is 0.269 e. The Kier molecular flexibility index (Phi) is 3.65. The van der Waals surface area contributed by atoms with Crippen molar-refractivity contribution in [1.82, 2.24) is 15.5 Å². The first kappa shape index (κ1) is 14.7. The van der Waals surface area contributed by atoms with Crippen molar-refractivity contribution in [3.05, 3.63) is 77.0 Å². The largest absolute Gasteiger partial charge is 0.344 e. The average molecular weight is 317 g/mol. The fourth-order valence-electron chi connectivity index (χ4n) is 3.25. The Labute approximate surface area is 140 Å². The summed E-state index contributed by atoms with van der Waals surface area (Å²) in [5.41, 5.74) is 6.04. The maximum atomic E-state index is 12.5. The van der Waals surface area contributed by atoms with Crippen LogP contribution in [0.3, 0.4) is 0 Å². The van der Waals surface area contributed by atoms with Crippen molar-refractivity contribution in [2.45, 2.75) is 25.8 Å². The number of benzene rings is 2. The second kappa shape index (κ2) is 5.96. The van der Waals surface area contributed by atoms with Crippen LogP contribution < -0.4 is 5.32 Å². The number of aryl methyl sites for hydroxylation is 2. The third-order valence-electron chi connectivity index (χ3n) is 4.61. The highest BCUT2D eigenvalue weighted by Crippen LogP contribution is 2.31. The van der Waals surface area contributed by atoms with E-state index in [1.165, 1.54) is 16.7 Å². The van der Waals surface area contributed by atoms with Crippen LogP contribution in [0.25, 0.3) is 11.3 Å². The summed E-state index contributed by atoms with van der Waals surface area (Å²) in [6.07, 6.45) is 1.96. The molecule has 0 unspecified atom stereocenters. The number of nitrogens with one attached hydrogen (secondary N) is 2. The Hall–Kier alpha value is -2.88. The number of carbonyl (C=O) groups excluding carboxylic acids is 1. The van der Waals surface area contributed by atoms with Crippen molar-refractivity contribution in [2.24, 2.45) is 0 Å². The molecule has 1 amide bonds. The Morgan fingerprint density at radius 2 is 1.96 bits per heavy atom. The number of amides is 1. The Balaban J connectivity index is 1.51. The van der Waals surface area contributed by atoms with Gasteiger partial charge in [0.1, 0.15) is 5.69 Å². The van der Waals surface area contributed by atoms with Crippen LogP contribution in [0.4, 0.5) is 0 Å². The Bertz CT molecular complexity index is 880. The number of rotatable bonds is 3. The second-order valence-electron chi connectivity index (χ2n) is 6.30. The van der Waals surface area contributed by atoms with Crippen molar-refractivity contribution in [2.75, 3.05) is 0 Å². The number of carbonyl (C=O) groups is 1. The molecule has 2 aromatic carbocycles. The zero-order chi connectivity index (χ0) is 16.5. The summed E-state index contributed by atoms with van der Waals surface area (Å²) in [5.74, 6) is -0.109. The molecule has 1 aliphatic carbocycles. The van der Waals surface area contributed by atoms with Crippen LogP contribution in [0.15, 0.2) is 54.6 Å². The number of nitrogens with zero attached hydrogens (tertiary/aromatic N) is 1. The molecule has 24 heavy (non-hydrogen) atoms. The van der Waals surface area contributed by atoms with Crippen LogP contribution in [0.1, 0.15) is 39.6 Å². The smallest absolute Gasteiger partial charge is 0.269 e. The van der Waals surface area contributed by atoms with Crippen LogP contribution in [-0.2, 0) is 6.42 Å². The summed E-state index contributed by atoms with van der Waals surface area (Å²) in [7, 11) is 0. The summed E-state index contributed by atoms with van der Waals surface area (Å²) < 4.78 is 0. The summed E-state index contributed by atoms with van der Waals surface area (Å²) in [6.45, 7) is 2.05. The number of aromatic amines is 1. The molecule has 0 radical (unpaired) electrons. The van der Waals surface area contributed by atoms with Crippen LogP contribution in [0.2, 0.25) is 0 Å². The van der Waals surface area contributed by atoms with Gasteiger partial charge in [0.25, 0.3) is 5.91 Å². The summed E-state index contributed by atoms with van der Waals surface area (Å²) in [6, 6.07) is 18.3. The molecule has 2 N–H and O–H groups in total. The Morgan fingerprint density at radius 1 is 1.17 bits per heavy atom. The second-order valence-corrected chi connectivity index (χ2v) is 6.30. The molecule has 0 aliphatic heterocycles. The van der Waals surface area contributed by atoms with Gasteiger partial charge < -0.3 is 5.32 Å². The molecule has 4 nitrogen and oxygen atoms in total. The van der Waals surface area contributed by atoms with Gasteiger partial charge in [-0.2, -0.15) is 5.10 Å². The van der Waals surface area contributed by atoms with Gasteiger partial charge >= 0.3 is 0 Å². The van der Waals surface area contributed by atoms with E-state index in [1.807, 2.05) is 43.3 Å². The van der Waals surface area contributed by atoms with E-state index in [4.69, 9.17) is 0 Å². The summed E-state index contributed by atoms with van der Waals surface area (Å²) in [4.78, 5) is 12.5. The molecule has 1 heterocycles. The lowest BCUT2D eigenvalue weighted by Crippen LogP contribution is -2.27. The van der Waals surface area contributed by atoms with E-state index in [1.54, 1.807) is 6.07 Å². The fourth-order valence-corrected chi connectivity index (χ4v) is 3.25. The molecule has 3 aromatic rings. The van der Waals surface area contributed by atoms with Crippen LogP contribution in [0, 0.1) is 6.92 Å². The molecular weight excluding hydrogens is 298 g/mol. The van der Waals surface area contributed by atoms with Crippen molar-refractivity contribution < 1.29 is 4.79 Å². The first-order chi connectivity index (χ1) is 11.7. The standard InChI is InChI=1S/C20H19N3O/c1-13-6-8-15(9-7-13)18-12-19(23-22-18)20(24)21-17-11-10-14-4-2-3-5-16(14)17/h2-9,12,17H,10-11H2,1H3,(H,21,24)(H,22,23)/t17-/m1/s1. The van der Waals surface area contributed by atoms with E-state index in [-0.39, 0.29) is 11.9 Å². The molecule has 1 aliphatic rings. The predicted molar refractivity (Wildman–Crippen MR) is 93.7 cm³/mol. The highest BCUT2D eigenvalue weighted by Gasteiger charge is 2.24. The summed E-state index contributed by atoms with van der Waals surface area (Å²) >= 11 is 0. The lowest BCUT2D eigenvalue weighted by Gasteiger charge is -2.13. The lowest BCUT2D eigenvalue weighted by atomic mass is 10.1. The monoisotopic (exact) mass is 317 g/mol. The number of H-pyrrole nitrogens is 1. The van der Waals surface area contributed by atoms with Gasteiger partial charge in [-0.1, -0.05) is 54.1 Å². The summed E-state index contributed by atoms with van der Waals surface area (Å²) in [5, 5.41) is 10.2. The molecule has 0 fully saturated rings. The minimum atomic E-state index is -0.109. The van der Waals surface area contributed by atoms with E-state index in [0.717, 1.165) is 24.1 Å². The van der Waals surface area contributed by atoms with Crippen molar-refractivity contribution in [1.29, 1.82) is 0 Å². The van der Waals surface area contributed by atoms with E-state index in [9.17, 15) is 4.79 Å². The van der Waals surface area contributed by atoms with Crippen molar-refractivity contribution in [3.8, 4) is 11.3 Å². The van der Waals surface area contributed by atoms with Gasteiger partial charge in [0.05, 0.1) is 11.7 Å². The van der Waals surface area contributed by atoms with Crippen LogP contribution in [0.5, 0.6) is 0 Å². The molecule has 120 valence electrons. The predicted octanol–water partition coefficient (Wildman–Crippen LogP) is 3.80. The van der Waals surface area contributed by atoms with Crippen LogP contribution >= 0.6 is 0 Å². The third kappa shape index (κ3) is 2.71. The van der Waals surface area contributed by atoms with E-state index in [0.29, 0.717) is 5.69 Å². The number of fused-ring (bicyclic) bond motifs is 1. The molecule has 1 atom stereocenters. The molecule has 0 bridgehead atoms. The van der Waals surface area contributed by atoms with Gasteiger partial charge in [-0.25, -0.2) is 0 Å². The molecule has 1 aromatic heterocycles. The average Bonchev–Trinajstić information content (AvgIpc) is 3.23. The SMILES string of the molecule is Cc1ccc(-c2cc(C(=O)N[C@@H]3CCc4ccccc43)[nH]n2)cc1. The Morgan fingerprint density at radius 3 is 2.79 bits per heavy atom. The van der Waals surface area contributed by atoms with E-state index in [2.05, 4.69) is 27.6 Å². The fraction of sp³-hybridized carbons (Fsp3) is 0.200. The quantitative estimate of drug-likeness (QED) is 0.772. The van der Waals surface area contributed by atoms with Crippen LogP contribution in [-0.4, -0.2) is 16.1 Å². The van der Waals surface area contributed by atoms with E-state index < -0.39 is 0 Å².